The molecule has 0 aliphatic carbocycles. The molecule has 1 aromatic carbocycles. The van der Waals surface area contributed by atoms with Gasteiger partial charge < -0.3 is 24.7 Å². The second-order valence-corrected chi connectivity index (χ2v) is 4.38. The second-order valence-electron chi connectivity index (χ2n) is 3.99. The van der Waals surface area contributed by atoms with Crippen LogP contribution in [-0.4, -0.2) is 26.3 Å². The fourth-order valence-corrected chi connectivity index (χ4v) is 1.88. The van der Waals surface area contributed by atoms with Crippen molar-refractivity contribution in [3.63, 3.8) is 0 Å². The van der Waals surface area contributed by atoms with Gasteiger partial charge in [0.1, 0.15) is 10.9 Å². The van der Waals surface area contributed by atoms with E-state index < -0.39 is 0 Å². The molecule has 0 bridgehead atoms. The molecule has 0 fully saturated rings. The molecule has 0 saturated heterocycles. The number of aromatic nitrogens is 1. The van der Waals surface area contributed by atoms with Crippen molar-refractivity contribution in [2.24, 2.45) is 0 Å². The summed E-state index contributed by atoms with van der Waals surface area (Å²) in [6.45, 7) is 0. The fraction of sp³-hybridized carbons (Fsp3) is 0.214. The van der Waals surface area contributed by atoms with Gasteiger partial charge in [0.05, 0.1) is 27.0 Å². The summed E-state index contributed by atoms with van der Waals surface area (Å²) in [6, 6.07) is 6.48. The van der Waals surface area contributed by atoms with Gasteiger partial charge in [-0.2, -0.15) is 4.98 Å². The molecule has 0 saturated carbocycles. The summed E-state index contributed by atoms with van der Waals surface area (Å²) in [7, 11) is 4.57. The lowest BCUT2D eigenvalue weighted by Gasteiger charge is -2.14. The van der Waals surface area contributed by atoms with Crippen molar-refractivity contribution in [2.45, 2.75) is 0 Å². The highest BCUT2D eigenvalue weighted by molar-refractivity contribution is 6.29. The molecule has 6 nitrogen and oxygen atoms in total. The number of nitrogens with zero attached hydrogens (tertiary/aromatic N) is 1. The number of hydrogen-bond acceptors (Lipinski definition) is 6. The Labute approximate surface area is 127 Å². The Bertz CT molecular complexity index is 624. The van der Waals surface area contributed by atoms with Gasteiger partial charge in [-0.05, 0) is 12.1 Å². The SMILES string of the molecule is COc1cc(Oc2nc(Cl)ccc2N)cc(OC)c1OC. The monoisotopic (exact) mass is 310 g/mol. The highest BCUT2D eigenvalue weighted by Crippen LogP contribution is 2.42. The van der Waals surface area contributed by atoms with E-state index in [-0.39, 0.29) is 11.0 Å². The van der Waals surface area contributed by atoms with E-state index in [2.05, 4.69) is 4.98 Å². The van der Waals surface area contributed by atoms with Gasteiger partial charge in [0.15, 0.2) is 11.5 Å². The Balaban J connectivity index is 2.42. The van der Waals surface area contributed by atoms with Gasteiger partial charge in [-0.25, -0.2) is 0 Å². The minimum absolute atomic E-state index is 0.205. The minimum atomic E-state index is 0.205. The quantitative estimate of drug-likeness (QED) is 0.855. The molecule has 0 aliphatic heterocycles. The minimum Gasteiger partial charge on any atom is -0.493 e. The van der Waals surface area contributed by atoms with Gasteiger partial charge in [-0.1, -0.05) is 11.6 Å². The molecular formula is C14H15ClN2O4. The van der Waals surface area contributed by atoms with Crippen LogP contribution in [0, 0.1) is 0 Å². The molecular weight excluding hydrogens is 296 g/mol. The van der Waals surface area contributed by atoms with E-state index in [9.17, 15) is 0 Å². The summed E-state index contributed by atoms with van der Waals surface area (Å²) in [6.07, 6.45) is 0. The number of hydrogen-bond donors (Lipinski definition) is 1. The largest absolute Gasteiger partial charge is 0.493 e. The Kier molecular flexibility index (Phi) is 4.59. The number of benzene rings is 1. The molecule has 0 unspecified atom stereocenters. The van der Waals surface area contributed by atoms with Crippen LogP contribution in [0.4, 0.5) is 5.69 Å². The Hall–Kier alpha value is -2.34. The van der Waals surface area contributed by atoms with Gasteiger partial charge >= 0.3 is 0 Å². The van der Waals surface area contributed by atoms with E-state index in [4.69, 9.17) is 36.3 Å². The number of rotatable bonds is 5. The maximum Gasteiger partial charge on any atom is 0.244 e. The van der Waals surface area contributed by atoms with Crippen LogP contribution in [0.15, 0.2) is 24.3 Å². The number of halogens is 1. The van der Waals surface area contributed by atoms with Crippen molar-refractivity contribution >= 4 is 17.3 Å². The highest BCUT2D eigenvalue weighted by Gasteiger charge is 2.15. The lowest BCUT2D eigenvalue weighted by molar-refractivity contribution is 0.320. The summed E-state index contributed by atoms with van der Waals surface area (Å²) in [5.74, 6) is 2.04. The van der Waals surface area contributed by atoms with Crippen LogP contribution < -0.4 is 24.7 Å². The predicted octanol–water partition coefficient (Wildman–Crippen LogP) is 3.14. The smallest absolute Gasteiger partial charge is 0.244 e. The first kappa shape index (κ1) is 15.1. The van der Waals surface area contributed by atoms with Crippen LogP contribution in [0.25, 0.3) is 0 Å². The molecule has 0 aliphatic rings. The predicted molar refractivity (Wildman–Crippen MR) is 79.8 cm³/mol. The third-order valence-corrected chi connectivity index (χ3v) is 2.92. The summed E-state index contributed by atoms with van der Waals surface area (Å²) in [5, 5.41) is 0.284. The maximum absolute atomic E-state index is 5.83. The first-order chi connectivity index (χ1) is 10.1. The van der Waals surface area contributed by atoms with Gasteiger partial charge in [-0.15, -0.1) is 0 Å². The lowest BCUT2D eigenvalue weighted by Crippen LogP contribution is -1.98. The van der Waals surface area contributed by atoms with E-state index in [1.54, 1.807) is 24.3 Å². The van der Waals surface area contributed by atoms with Crippen LogP contribution in [0.2, 0.25) is 5.15 Å². The van der Waals surface area contributed by atoms with E-state index >= 15 is 0 Å². The molecule has 0 atom stereocenters. The summed E-state index contributed by atoms with van der Waals surface area (Å²) < 4.78 is 21.4. The number of anilines is 1. The lowest BCUT2D eigenvalue weighted by atomic mass is 10.2. The van der Waals surface area contributed by atoms with Crippen molar-refractivity contribution in [1.82, 2.24) is 4.98 Å². The zero-order valence-corrected chi connectivity index (χ0v) is 12.6. The zero-order chi connectivity index (χ0) is 15.4. The molecule has 0 spiro atoms. The molecule has 112 valence electrons. The average Bonchev–Trinajstić information content (AvgIpc) is 2.49. The highest BCUT2D eigenvalue weighted by atomic mass is 35.5. The number of methoxy groups -OCH3 is 3. The van der Waals surface area contributed by atoms with Crippen molar-refractivity contribution in [1.29, 1.82) is 0 Å². The summed E-state index contributed by atoms with van der Waals surface area (Å²) >= 11 is 5.83. The third-order valence-electron chi connectivity index (χ3n) is 2.71. The average molecular weight is 311 g/mol. The molecule has 1 heterocycles. The first-order valence-electron chi connectivity index (χ1n) is 5.99. The number of ether oxygens (including phenoxy) is 4. The van der Waals surface area contributed by atoms with Gasteiger partial charge in [0, 0.05) is 12.1 Å². The van der Waals surface area contributed by atoms with Crippen molar-refractivity contribution in [3.8, 4) is 28.9 Å². The van der Waals surface area contributed by atoms with Gasteiger partial charge in [0.25, 0.3) is 0 Å². The van der Waals surface area contributed by atoms with Gasteiger partial charge in [-0.3, -0.25) is 0 Å². The molecule has 0 amide bonds. The van der Waals surface area contributed by atoms with E-state index in [0.29, 0.717) is 28.7 Å². The molecule has 2 N–H and O–H groups in total. The van der Waals surface area contributed by atoms with Crippen LogP contribution in [0.5, 0.6) is 28.9 Å². The van der Waals surface area contributed by atoms with Crippen molar-refractivity contribution in [2.75, 3.05) is 27.1 Å². The Morgan fingerprint density at radius 2 is 1.62 bits per heavy atom. The molecule has 7 heteroatoms. The van der Waals surface area contributed by atoms with E-state index in [0.717, 1.165) is 0 Å². The molecule has 1 aromatic heterocycles. The summed E-state index contributed by atoms with van der Waals surface area (Å²) in [4.78, 5) is 4.03. The van der Waals surface area contributed by atoms with Crippen molar-refractivity contribution in [3.05, 3.63) is 29.4 Å². The Morgan fingerprint density at radius 3 is 2.14 bits per heavy atom. The van der Waals surface area contributed by atoms with Crippen molar-refractivity contribution < 1.29 is 18.9 Å². The topological polar surface area (TPSA) is 75.8 Å². The molecule has 0 radical (unpaired) electrons. The Morgan fingerprint density at radius 1 is 1.00 bits per heavy atom. The molecule has 21 heavy (non-hydrogen) atoms. The zero-order valence-electron chi connectivity index (χ0n) is 11.8. The third kappa shape index (κ3) is 3.22. The second kappa shape index (κ2) is 6.41. The molecule has 2 rings (SSSR count). The number of nitrogens with two attached hydrogens (primary N) is 1. The van der Waals surface area contributed by atoms with E-state index in [1.165, 1.54) is 21.3 Å². The van der Waals surface area contributed by atoms with Crippen LogP contribution in [0.3, 0.4) is 0 Å². The normalized spacial score (nSPS) is 10.1. The first-order valence-corrected chi connectivity index (χ1v) is 6.36. The molecule has 2 aromatic rings. The van der Waals surface area contributed by atoms with E-state index in [1.807, 2.05) is 0 Å². The maximum atomic E-state index is 5.83. The van der Waals surface area contributed by atoms with Gasteiger partial charge in [0.2, 0.25) is 11.6 Å². The van der Waals surface area contributed by atoms with Crippen LogP contribution in [0.1, 0.15) is 0 Å². The van der Waals surface area contributed by atoms with Crippen LogP contribution >= 0.6 is 11.6 Å². The van der Waals surface area contributed by atoms with Crippen LogP contribution in [-0.2, 0) is 0 Å². The summed E-state index contributed by atoms with van der Waals surface area (Å²) in [5.41, 5.74) is 6.17. The number of nitrogen functional groups attached to an aromatic ring is 1. The standard InChI is InChI=1S/C14H15ClN2O4/c1-18-10-6-8(7-11(19-2)13(10)20-3)21-14-9(16)4-5-12(15)17-14/h4-7H,16H2,1-3H3. The number of pyridine rings is 1. The fourth-order valence-electron chi connectivity index (χ4n) is 1.74.